The van der Waals surface area contributed by atoms with Crippen molar-refractivity contribution >= 4 is 5.69 Å². The van der Waals surface area contributed by atoms with Gasteiger partial charge in [-0.1, -0.05) is 13.8 Å². The Morgan fingerprint density at radius 2 is 2.05 bits per heavy atom. The van der Waals surface area contributed by atoms with Gasteiger partial charge in [-0.15, -0.1) is 0 Å². The number of rotatable bonds is 3. The average Bonchev–Trinajstić information content (AvgIpc) is 2.86. The van der Waals surface area contributed by atoms with Gasteiger partial charge in [-0.25, -0.2) is 0 Å². The van der Waals surface area contributed by atoms with Crippen LogP contribution in [0.2, 0.25) is 0 Å². The summed E-state index contributed by atoms with van der Waals surface area (Å²) in [7, 11) is 0. The third kappa shape index (κ3) is 3.08. The van der Waals surface area contributed by atoms with E-state index >= 15 is 0 Å². The molecule has 1 aromatic rings. The molecule has 1 fully saturated rings. The van der Waals surface area contributed by atoms with E-state index in [0.29, 0.717) is 17.4 Å². The Morgan fingerprint density at radius 1 is 1.35 bits per heavy atom. The fourth-order valence-corrected chi connectivity index (χ4v) is 2.78. The summed E-state index contributed by atoms with van der Waals surface area (Å²) in [5.74, 6) is 1.19. The molecule has 2 nitrogen and oxygen atoms in total. The Labute approximate surface area is 117 Å². The van der Waals surface area contributed by atoms with E-state index in [1.165, 1.54) is 6.07 Å². The minimum atomic E-state index is -4.31. The van der Waals surface area contributed by atoms with Crippen molar-refractivity contribution in [1.29, 1.82) is 0 Å². The van der Waals surface area contributed by atoms with Crippen molar-refractivity contribution in [3.8, 4) is 0 Å². The Hall–Kier alpha value is -1.23. The fourth-order valence-electron chi connectivity index (χ4n) is 2.78. The molecule has 0 spiro atoms. The maximum absolute atomic E-state index is 12.7. The highest BCUT2D eigenvalue weighted by molar-refractivity contribution is 5.56. The second-order valence-electron chi connectivity index (χ2n) is 5.78. The zero-order valence-corrected chi connectivity index (χ0v) is 11.9. The highest BCUT2D eigenvalue weighted by atomic mass is 19.4. The van der Waals surface area contributed by atoms with E-state index < -0.39 is 11.7 Å². The first-order chi connectivity index (χ1) is 9.32. The van der Waals surface area contributed by atoms with Crippen LogP contribution in [-0.2, 0) is 12.7 Å². The van der Waals surface area contributed by atoms with Gasteiger partial charge in [0.2, 0.25) is 0 Å². The van der Waals surface area contributed by atoms with Crippen molar-refractivity contribution in [2.75, 3.05) is 18.0 Å². The molecule has 20 heavy (non-hydrogen) atoms. The average molecular weight is 286 g/mol. The van der Waals surface area contributed by atoms with Crippen LogP contribution < -0.4 is 10.6 Å². The van der Waals surface area contributed by atoms with E-state index in [0.717, 1.165) is 31.3 Å². The van der Waals surface area contributed by atoms with Gasteiger partial charge < -0.3 is 10.6 Å². The molecule has 0 bridgehead atoms. The van der Waals surface area contributed by atoms with Crippen LogP contribution in [0.25, 0.3) is 0 Å². The summed E-state index contributed by atoms with van der Waals surface area (Å²) in [6.45, 7) is 6.29. The number of alkyl halides is 3. The predicted octanol–water partition coefficient (Wildman–Crippen LogP) is 3.65. The molecule has 0 amide bonds. The predicted molar refractivity (Wildman–Crippen MR) is 74.5 cm³/mol. The van der Waals surface area contributed by atoms with Gasteiger partial charge in [-0.2, -0.15) is 13.2 Å². The van der Waals surface area contributed by atoms with Crippen molar-refractivity contribution in [1.82, 2.24) is 0 Å². The first-order valence-corrected chi connectivity index (χ1v) is 6.98. The third-order valence-electron chi connectivity index (χ3n) is 4.13. The molecule has 1 saturated heterocycles. The zero-order valence-electron chi connectivity index (χ0n) is 11.9. The number of benzene rings is 1. The number of nitrogens with two attached hydrogens (primary N) is 1. The fraction of sp³-hybridized carbons (Fsp3) is 0.600. The monoisotopic (exact) mass is 286 g/mol. The first-order valence-electron chi connectivity index (χ1n) is 6.98. The second-order valence-corrected chi connectivity index (χ2v) is 5.78. The molecule has 0 aliphatic carbocycles. The highest BCUT2D eigenvalue weighted by Crippen LogP contribution is 2.35. The van der Waals surface area contributed by atoms with Crippen LogP contribution in [-0.4, -0.2) is 13.1 Å². The number of hydrogen-bond acceptors (Lipinski definition) is 2. The Morgan fingerprint density at radius 3 is 2.55 bits per heavy atom. The van der Waals surface area contributed by atoms with Crippen molar-refractivity contribution in [2.45, 2.75) is 33.0 Å². The molecule has 1 aromatic carbocycles. The van der Waals surface area contributed by atoms with E-state index in [2.05, 4.69) is 18.7 Å². The molecule has 1 heterocycles. The molecule has 2 rings (SSSR count). The smallest absolute Gasteiger partial charge is 0.371 e. The van der Waals surface area contributed by atoms with Crippen molar-refractivity contribution in [3.05, 3.63) is 29.3 Å². The summed E-state index contributed by atoms with van der Waals surface area (Å²) in [4.78, 5) is 2.16. The Bertz CT molecular complexity index is 469. The number of anilines is 1. The van der Waals surface area contributed by atoms with Gasteiger partial charge in [0.15, 0.2) is 0 Å². The standard InChI is InChI=1S/C15H21F3N2/c1-10(2)11-5-6-20(9-11)14-4-3-13(15(16,17)18)7-12(14)8-19/h3-4,7,10-11H,5-6,8-9,19H2,1-2H3. The largest absolute Gasteiger partial charge is 0.416 e. The zero-order chi connectivity index (χ0) is 14.9. The molecule has 5 heteroatoms. The first kappa shape index (κ1) is 15.2. The van der Waals surface area contributed by atoms with Gasteiger partial charge in [0.25, 0.3) is 0 Å². The van der Waals surface area contributed by atoms with Crippen molar-refractivity contribution in [3.63, 3.8) is 0 Å². The molecule has 1 unspecified atom stereocenters. The van der Waals surface area contributed by atoms with Crippen LogP contribution >= 0.6 is 0 Å². The van der Waals surface area contributed by atoms with E-state index in [1.54, 1.807) is 6.07 Å². The van der Waals surface area contributed by atoms with E-state index in [-0.39, 0.29) is 6.54 Å². The maximum atomic E-state index is 12.7. The molecule has 0 saturated carbocycles. The van der Waals surface area contributed by atoms with Gasteiger partial charge in [0, 0.05) is 25.3 Å². The summed E-state index contributed by atoms with van der Waals surface area (Å²) in [5, 5.41) is 0. The highest BCUT2D eigenvalue weighted by Gasteiger charge is 2.32. The lowest BCUT2D eigenvalue weighted by atomic mass is 9.95. The van der Waals surface area contributed by atoms with Crippen LogP contribution in [0.3, 0.4) is 0 Å². The minimum Gasteiger partial charge on any atom is -0.371 e. The summed E-state index contributed by atoms with van der Waals surface area (Å²) in [6, 6.07) is 3.89. The Kier molecular flexibility index (Phi) is 4.28. The summed E-state index contributed by atoms with van der Waals surface area (Å²) in [6.07, 6.45) is -3.23. The van der Waals surface area contributed by atoms with Gasteiger partial charge in [0.05, 0.1) is 5.56 Å². The molecule has 0 aromatic heterocycles. The van der Waals surface area contributed by atoms with Crippen molar-refractivity contribution in [2.24, 2.45) is 17.6 Å². The van der Waals surface area contributed by atoms with Crippen LogP contribution in [0, 0.1) is 11.8 Å². The quantitative estimate of drug-likeness (QED) is 0.919. The minimum absolute atomic E-state index is 0.127. The lowest BCUT2D eigenvalue weighted by Gasteiger charge is -2.23. The molecule has 1 aliphatic rings. The molecular weight excluding hydrogens is 265 g/mol. The van der Waals surface area contributed by atoms with Crippen LogP contribution in [0.1, 0.15) is 31.4 Å². The summed E-state index contributed by atoms with van der Waals surface area (Å²) in [5.41, 5.74) is 6.43. The van der Waals surface area contributed by atoms with Gasteiger partial charge in [-0.3, -0.25) is 0 Å². The van der Waals surface area contributed by atoms with E-state index in [9.17, 15) is 13.2 Å². The molecule has 1 aliphatic heterocycles. The molecule has 1 atom stereocenters. The van der Waals surface area contributed by atoms with Crippen molar-refractivity contribution < 1.29 is 13.2 Å². The van der Waals surface area contributed by atoms with Gasteiger partial charge in [-0.05, 0) is 42.0 Å². The molecule has 0 radical (unpaired) electrons. The van der Waals surface area contributed by atoms with E-state index in [4.69, 9.17) is 5.73 Å². The molecule has 2 N–H and O–H groups in total. The number of hydrogen-bond donors (Lipinski definition) is 1. The molecule has 112 valence electrons. The van der Waals surface area contributed by atoms with Gasteiger partial charge in [0.1, 0.15) is 0 Å². The SMILES string of the molecule is CC(C)C1CCN(c2ccc(C(F)(F)F)cc2CN)C1. The van der Waals surface area contributed by atoms with Crippen LogP contribution in [0.15, 0.2) is 18.2 Å². The lowest BCUT2D eigenvalue weighted by Crippen LogP contribution is -2.23. The van der Waals surface area contributed by atoms with Gasteiger partial charge >= 0.3 is 6.18 Å². The van der Waals surface area contributed by atoms with E-state index in [1.807, 2.05) is 0 Å². The number of nitrogens with zero attached hydrogens (tertiary/aromatic N) is 1. The second kappa shape index (κ2) is 5.64. The maximum Gasteiger partial charge on any atom is 0.416 e. The summed E-state index contributed by atoms with van der Waals surface area (Å²) < 4.78 is 38.2. The normalized spacial score (nSPS) is 19.9. The summed E-state index contributed by atoms with van der Waals surface area (Å²) >= 11 is 0. The molecular formula is C15H21F3N2. The van der Waals surface area contributed by atoms with Crippen LogP contribution in [0.5, 0.6) is 0 Å². The topological polar surface area (TPSA) is 29.3 Å². The number of halogens is 3. The Balaban J connectivity index is 2.25. The van der Waals surface area contributed by atoms with Crippen LogP contribution in [0.4, 0.5) is 18.9 Å². The lowest BCUT2D eigenvalue weighted by molar-refractivity contribution is -0.137. The third-order valence-corrected chi connectivity index (χ3v) is 4.13.